The van der Waals surface area contributed by atoms with Crippen LogP contribution in [0.5, 0.6) is 0 Å². The summed E-state index contributed by atoms with van der Waals surface area (Å²) in [6.07, 6.45) is 10.0. The number of aliphatic hydroxyl groups is 2. The fourth-order valence-electron chi connectivity index (χ4n) is 12.1. The lowest BCUT2D eigenvalue weighted by Crippen LogP contribution is -2.63. The Bertz CT molecular complexity index is 1530. The molecule has 2 saturated heterocycles. The lowest BCUT2D eigenvalue weighted by atomic mass is 9.44. The Kier molecular flexibility index (Phi) is 7.81. The predicted molar refractivity (Wildman–Crippen MR) is 184 cm³/mol. The number of carbonyl (C=O) groups is 2. The molecule has 0 bridgehead atoms. The number of rotatable bonds is 3. The predicted octanol–water partition coefficient (Wildman–Crippen LogP) is 5.72. The van der Waals surface area contributed by atoms with Gasteiger partial charge in [0.05, 0.1) is 11.7 Å². The van der Waals surface area contributed by atoms with Gasteiger partial charge < -0.3 is 20.0 Å². The first-order chi connectivity index (χ1) is 22.5. The quantitative estimate of drug-likeness (QED) is 0.448. The summed E-state index contributed by atoms with van der Waals surface area (Å²) >= 11 is 0. The van der Waals surface area contributed by atoms with Gasteiger partial charge in [-0.2, -0.15) is 0 Å². The maximum absolute atomic E-state index is 13.9. The van der Waals surface area contributed by atoms with Crippen molar-refractivity contribution < 1.29 is 19.8 Å². The molecule has 2 amide bonds. The molecule has 4 unspecified atom stereocenters. The SMILES string of the molecule is C[C@]12C[C@H](N3CCN(C(=O)[C@@H]4CCCN4C(=O)c4ccc5ccccc5c4)CC3)[C@@H](O)CC1CCC1C2CC[C@@]2(C)C1CC[C@@]2(C)O. The van der Waals surface area contributed by atoms with Crippen LogP contribution in [0.15, 0.2) is 42.5 Å². The second-order valence-corrected chi connectivity index (χ2v) is 17.1. The fraction of sp³-hybridized carbons (Fsp3) is 0.700. The van der Waals surface area contributed by atoms with Crippen LogP contribution in [-0.2, 0) is 4.79 Å². The van der Waals surface area contributed by atoms with Crippen molar-refractivity contribution in [2.24, 2.45) is 34.5 Å². The number of nitrogens with zero attached hydrogens (tertiary/aromatic N) is 3. The van der Waals surface area contributed by atoms with E-state index < -0.39 is 11.6 Å². The Labute approximate surface area is 280 Å². The van der Waals surface area contributed by atoms with Crippen LogP contribution < -0.4 is 0 Å². The van der Waals surface area contributed by atoms with E-state index in [1.54, 1.807) is 0 Å². The van der Waals surface area contributed by atoms with Crippen molar-refractivity contribution in [2.75, 3.05) is 32.7 Å². The summed E-state index contributed by atoms with van der Waals surface area (Å²) in [6.45, 7) is 10.5. The minimum Gasteiger partial charge on any atom is -0.391 e. The van der Waals surface area contributed by atoms with Gasteiger partial charge in [-0.05, 0) is 129 Å². The summed E-state index contributed by atoms with van der Waals surface area (Å²) < 4.78 is 0. The Morgan fingerprint density at radius 3 is 2.36 bits per heavy atom. The first-order valence-electron chi connectivity index (χ1n) is 18.7. The number of carbonyl (C=O) groups excluding carboxylic acids is 2. The maximum atomic E-state index is 13.9. The normalized spacial score (nSPS) is 42.2. The van der Waals surface area contributed by atoms with Crippen molar-refractivity contribution in [1.29, 1.82) is 0 Å². The molecule has 2 aliphatic heterocycles. The van der Waals surface area contributed by atoms with E-state index in [4.69, 9.17) is 0 Å². The van der Waals surface area contributed by atoms with Crippen molar-refractivity contribution in [2.45, 2.75) is 109 Å². The molecule has 8 rings (SSSR count). The van der Waals surface area contributed by atoms with Crippen LogP contribution in [0, 0.1) is 34.5 Å². The van der Waals surface area contributed by atoms with Crippen LogP contribution in [0.3, 0.4) is 0 Å². The summed E-state index contributed by atoms with van der Waals surface area (Å²) in [4.78, 5) is 33.8. The number of likely N-dealkylation sites (tertiary alicyclic amines) is 1. The molecule has 2 aromatic carbocycles. The van der Waals surface area contributed by atoms with Crippen molar-refractivity contribution in [1.82, 2.24) is 14.7 Å². The second-order valence-electron chi connectivity index (χ2n) is 17.1. The van der Waals surface area contributed by atoms with Gasteiger partial charge in [0.25, 0.3) is 5.91 Å². The molecule has 6 fully saturated rings. The van der Waals surface area contributed by atoms with Crippen LogP contribution in [0.1, 0.15) is 95.3 Å². The number of piperazine rings is 1. The molecule has 0 spiro atoms. The summed E-state index contributed by atoms with van der Waals surface area (Å²) in [5.74, 6) is 2.56. The van der Waals surface area contributed by atoms with Crippen LogP contribution >= 0.6 is 0 Å². The van der Waals surface area contributed by atoms with Crippen molar-refractivity contribution in [3.63, 3.8) is 0 Å². The van der Waals surface area contributed by atoms with E-state index in [0.717, 1.165) is 68.8 Å². The molecule has 2 N–H and O–H groups in total. The summed E-state index contributed by atoms with van der Waals surface area (Å²) in [6, 6.07) is 13.6. The van der Waals surface area contributed by atoms with Crippen LogP contribution in [0.4, 0.5) is 0 Å². The third kappa shape index (κ3) is 5.00. The van der Waals surface area contributed by atoms with Crippen LogP contribution in [-0.4, -0.2) is 93.2 Å². The number of aliphatic hydroxyl groups excluding tert-OH is 1. The van der Waals surface area contributed by atoms with E-state index in [0.29, 0.717) is 48.9 Å². The highest BCUT2D eigenvalue weighted by molar-refractivity contribution is 6.01. The van der Waals surface area contributed by atoms with E-state index in [2.05, 4.69) is 31.7 Å². The van der Waals surface area contributed by atoms with Crippen LogP contribution in [0.2, 0.25) is 0 Å². The molecule has 7 nitrogen and oxygen atoms in total. The van der Waals surface area contributed by atoms with E-state index in [-0.39, 0.29) is 34.8 Å². The monoisotopic (exact) mass is 641 g/mol. The van der Waals surface area contributed by atoms with Gasteiger partial charge in [0.15, 0.2) is 0 Å². The molecule has 6 aliphatic rings. The highest BCUT2D eigenvalue weighted by Crippen LogP contribution is 2.68. The van der Waals surface area contributed by atoms with Gasteiger partial charge in [0, 0.05) is 44.3 Å². The average Bonchev–Trinajstić information content (AvgIpc) is 3.66. The zero-order valence-corrected chi connectivity index (χ0v) is 28.7. The highest BCUT2D eigenvalue weighted by atomic mass is 16.3. The number of hydrogen-bond acceptors (Lipinski definition) is 5. The molecule has 47 heavy (non-hydrogen) atoms. The third-order valence-corrected chi connectivity index (χ3v) is 15.1. The van der Waals surface area contributed by atoms with Gasteiger partial charge in [0.2, 0.25) is 5.91 Å². The Morgan fingerprint density at radius 1 is 0.830 bits per heavy atom. The Hall–Kier alpha value is -2.48. The summed E-state index contributed by atoms with van der Waals surface area (Å²) in [5, 5.41) is 25.1. The van der Waals surface area contributed by atoms with Gasteiger partial charge in [-0.1, -0.05) is 44.2 Å². The van der Waals surface area contributed by atoms with Gasteiger partial charge in [-0.25, -0.2) is 0 Å². The lowest BCUT2D eigenvalue weighted by Gasteiger charge is -2.63. The molecule has 0 radical (unpaired) electrons. The molecule has 2 heterocycles. The number of amides is 2. The number of hydrogen-bond donors (Lipinski definition) is 2. The smallest absolute Gasteiger partial charge is 0.254 e. The highest BCUT2D eigenvalue weighted by Gasteiger charge is 2.64. The Balaban J connectivity index is 0.924. The summed E-state index contributed by atoms with van der Waals surface area (Å²) in [7, 11) is 0. The topological polar surface area (TPSA) is 84.3 Å². The van der Waals surface area contributed by atoms with E-state index in [1.165, 1.54) is 19.3 Å². The van der Waals surface area contributed by atoms with Crippen LogP contribution in [0.25, 0.3) is 10.8 Å². The van der Waals surface area contributed by atoms with Crippen molar-refractivity contribution in [3.05, 3.63) is 48.0 Å². The number of fused-ring (bicyclic) bond motifs is 6. The molecule has 2 aromatic rings. The minimum atomic E-state index is -0.554. The standard InChI is InChI=1S/C40H55N3O4/c1-38-25-34(35(44)24-29(38)12-13-30-31(38)14-16-39(2)32(30)15-17-40(39,3)47)41-19-21-42(22-20-41)37(46)33-9-6-18-43(33)36(45)28-11-10-26-7-4-5-8-27(26)23-28/h4-5,7-8,10-11,23,29-35,44,47H,6,9,12-22,24-25H2,1-3H3/t29?,30?,31?,32?,33-,34-,35-,38-,39-,40+/m0/s1. The lowest BCUT2D eigenvalue weighted by molar-refractivity contribution is -0.168. The first kappa shape index (κ1) is 31.8. The largest absolute Gasteiger partial charge is 0.391 e. The van der Waals surface area contributed by atoms with Gasteiger partial charge in [-0.3, -0.25) is 14.5 Å². The van der Waals surface area contributed by atoms with Crippen molar-refractivity contribution >= 4 is 22.6 Å². The molecule has 0 aromatic heterocycles. The van der Waals surface area contributed by atoms with E-state index in [1.807, 2.05) is 46.2 Å². The molecular formula is C40H55N3O4. The molecule has 10 atom stereocenters. The zero-order chi connectivity index (χ0) is 32.7. The minimum absolute atomic E-state index is 0.0306. The molecule has 4 saturated carbocycles. The average molecular weight is 642 g/mol. The molecule has 4 aliphatic carbocycles. The van der Waals surface area contributed by atoms with E-state index >= 15 is 0 Å². The fourth-order valence-corrected chi connectivity index (χ4v) is 12.1. The molecule has 254 valence electrons. The Morgan fingerprint density at radius 2 is 1.57 bits per heavy atom. The summed E-state index contributed by atoms with van der Waals surface area (Å²) in [5.41, 5.74) is 0.339. The number of benzene rings is 2. The zero-order valence-electron chi connectivity index (χ0n) is 28.7. The van der Waals surface area contributed by atoms with Crippen molar-refractivity contribution in [3.8, 4) is 0 Å². The second kappa shape index (κ2) is 11.6. The van der Waals surface area contributed by atoms with Gasteiger partial charge in [0.1, 0.15) is 6.04 Å². The molecule has 7 heteroatoms. The third-order valence-electron chi connectivity index (χ3n) is 15.1. The van der Waals surface area contributed by atoms with E-state index in [9.17, 15) is 19.8 Å². The van der Waals surface area contributed by atoms with Gasteiger partial charge >= 0.3 is 0 Å². The van der Waals surface area contributed by atoms with Gasteiger partial charge in [-0.15, -0.1) is 0 Å². The molecular weight excluding hydrogens is 586 g/mol. The maximum Gasteiger partial charge on any atom is 0.254 e. The first-order valence-corrected chi connectivity index (χ1v) is 18.7.